The number of carbonyl (C=O) groups excluding carboxylic acids is 1. The molecule has 1 aliphatic carbocycles. The van der Waals surface area contributed by atoms with E-state index in [1.165, 1.54) is 4.88 Å². The number of guanidine groups is 1. The molecule has 1 saturated carbocycles. The quantitative estimate of drug-likeness (QED) is 0.635. The van der Waals surface area contributed by atoms with Crippen LogP contribution in [0.3, 0.4) is 0 Å². The van der Waals surface area contributed by atoms with E-state index < -0.39 is 0 Å². The maximum absolute atomic E-state index is 12.6. The Labute approximate surface area is 142 Å². The normalized spacial score (nSPS) is 17.1. The van der Waals surface area contributed by atoms with Gasteiger partial charge in [0.15, 0.2) is 5.96 Å². The van der Waals surface area contributed by atoms with Gasteiger partial charge in [-0.1, -0.05) is 12.8 Å². The Morgan fingerprint density at radius 3 is 2.61 bits per heavy atom. The minimum atomic E-state index is -0.290. The third kappa shape index (κ3) is 4.22. The lowest BCUT2D eigenvalue weighted by atomic mass is 9.84. The van der Waals surface area contributed by atoms with Gasteiger partial charge in [0.2, 0.25) is 5.91 Å². The maximum Gasteiger partial charge on any atom is 0.230 e. The standard InChI is InChI=1S/C16H27N5OS/c1-12-13(23-11-20-12)9-18-15(17-2)19-10-16(7-5-6-8-16)14(22)21(3)4/h11H,5-10H2,1-4H3,(H2,17,18,19). The Morgan fingerprint density at radius 2 is 2.09 bits per heavy atom. The van der Waals surface area contributed by atoms with Crippen molar-refractivity contribution in [3.63, 3.8) is 0 Å². The molecule has 1 aromatic heterocycles. The van der Waals surface area contributed by atoms with Crippen LogP contribution in [0, 0.1) is 12.3 Å². The second-order valence-electron chi connectivity index (χ2n) is 6.33. The molecule has 1 aromatic rings. The average Bonchev–Trinajstić information content (AvgIpc) is 3.17. The zero-order valence-electron chi connectivity index (χ0n) is 14.5. The molecule has 2 N–H and O–H groups in total. The first kappa shape index (κ1) is 17.7. The van der Waals surface area contributed by atoms with Crippen LogP contribution in [0.1, 0.15) is 36.3 Å². The predicted molar refractivity (Wildman–Crippen MR) is 94.6 cm³/mol. The van der Waals surface area contributed by atoms with Crippen molar-refractivity contribution in [2.75, 3.05) is 27.7 Å². The molecule has 0 saturated heterocycles. The zero-order chi connectivity index (χ0) is 16.9. The molecule has 1 heterocycles. The molecule has 0 radical (unpaired) electrons. The van der Waals surface area contributed by atoms with Crippen LogP contribution in [-0.2, 0) is 11.3 Å². The minimum Gasteiger partial charge on any atom is -0.355 e. The Morgan fingerprint density at radius 1 is 1.39 bits per heavy atom. The van der Waals surface area contributed by atoms with E-state index >= 15 is 0 Å². The summed E-state index contributed by atoms with van der Waals surface area (Å²) in [6.45, 7) is 3.34. The molecule has 1 amide bonds. The van der Waals surface area contributed by atoms with Crippen LogP contribution in [0.4, 0.5) is 0 Å². The molecule has 2 rings (SSSR count). The molecule has 0 aliphatic heterocycles. The van der Waals surface area contributed by atoms with Crippen LogP contribution in [0.25, 0.3) is 0 Å². The molecule has 0 atom stereocenters. The lowest BCUT2D eigenvalue weighted by molar-refractivity contribution is -0.138. The van der Waals surface area contributed by atoms with E-state index in [0.29, 0.717) is 13.1 Å². The lowest BCUT2D eigenvalue weighted by Gasteiger charge is -2.31. The van der Waals surface area contributed by atoms with Crippen molar-refractivity contribution in [2.45, 2.75) is 39.2 Å². The van der Waals surface area contributed by atoms with Crippen LogP contribution >= 0.6 is 11.3 Å². The molecule has 128 valence electrons. The molecule has 6 nitrogen and oxygen atoms in total. The summed E-state index contributed by atoms with van der Waals surface area (Å²) in [7, 11) is 5.42. The maximum atomic E-state index is 12.6. The molecule has 0 bridgehead atoms. The molecule has 0 aromatic carbocycles. The number of hydrogen-bond acceptors (Lipinski definition) is 4. The summed E-state index contributed by atoms with van der Waals surface area (Å²) in [6, 6.07) is 0. The molecule has 7 heteroatoms. The van der Waals surface area contributed by atoms with Crippen LogP contribution in [0.2, 0.25) is 0 Å². The number of amides is 1. The van der Waals surface area contributed by atoms with Crippen molar-refractivity contribution in [2.24, 2.45) is 10.4 Å². The average molecular weight is 337 g/mol. The second-order valence-corrected chi connectivity index (χ2v) is 7.27. The number of thiazole rings is 1. The largest absolute Gasteiger partial charge is 0.355 e. The van der Waals surface area contributed by atoms with E-state index in [1.54, 1.807) is 23.3 Å². The lowest BCUT2D eigenvalue weighted by Crippen LogP contribution is -2.49. The smallest absolute Gasteiger partial charge is 0.230 e. The highest BCUT2D eigenvalue weighted by Gasteiger charge is 2.42. The summed E-state index contributed by atoms with van der Waals surface area (Å²) < 4.78 is 0. The van der Waals surface area contributed by atoms with Gasteiger partial charge in [-0.3, -0.25) is 9.79 Å². The van der Waals surface area contributed by atoms with Crippen molar-refractivity contribution in [1.82, 2.24) is 20.5 Å². The highest BCUT2D eigenvalue weighted by Crippen LogP contribution is 2.38. The van der Waals surface area contributed by atoms with Crippen LogP contribution in [0.5, 0.6) is 0 Å². The summed E-state index contributed by atoms with van der Waals surface area (Å²) in [6.07, 6.45) is 4.13. The van der Waals surface area contributed by atoms with Crippen LogP contribution in [0.15, 0.2) is 10.5 Å². The first-order chi connectivity index (χ1) is 11.0. The fourth-order valence-corrected chi connectivity index (χ4v) is 3.84. The summed E-state index contributed by atoms with van der Waals surface area (Å²) in [5.74, 6) is 0.951. The summed E-state index contributed by atoms with van der Waals surface area (Å²) in [5.41, 5.74) is 2.61. The van der Waals surface area contributed by atoms with Gasteiger partial charge in [0, 0.05) is 32.6 Å². The van der Waals surface area contributed by atoms with Gasteiger partial charge in [-0.2, -0.15) is 0 Å². The molecule has 0 unspecified atom stereocenters. The van der Waals surface area contributed by atoms with E-state index in [0.717, 1.165) is 37.3 Å². The monoisotopic (exact) mass is 337 g/mol. The van der Waals surface area contributed by atoms with Crippen molar-refractivity contribution in [3.8, 4) is 0 Å². The number of aromatic nitrogens is 1. The first-order valence-electron chi connectivity index (χ1n) is 8.04. The van der Waals surface area contributed by atoms with Gasteiger partial charge in [0.05, 0.1) is 23.2 Å². The van der Waals surface area contributed by atoms with E-state index in [9.17, 15) is 4.79 Å². The Hall–Kier alpha value is -1.63. The van der Waals surface area contributed by atoms with E-state index in [1.807, 2.05) is 26.5 Å². The van der Waals surface area contributed by atoms with Gasteiger partial charge in [0.25, 0.3) is 0 Å². The van der Waals surface area contributed by atoms with E-state index in [2.05, 4.69) is 20.6 Å². The third-order valence-electron chi connectivity index (χ3n) is 4.50. The molecule has 1 fully saturated rings. The number of carbonyl (C=O) groups is 1. The van der Waals surface area contributed by atoms with Gasteiger partial charge < -0.3 is 15.5 Å². The van der Waals surface area contributed by atoms with Gasteiger partial charge in [-0.25, -0.2) is 4.98 Å². The number of rotatable bonds is 5. The topological polar surface area (TPSA) is 69.6 Å². The molecular formula is C16H27N5OS. The second kappa shape index (κ2) is 7.77. The SMILES string of the molecule is CN=C(NCc1scnc1C)NCC1(C(=O)N(C)C)CCCC1. The fraction of sp³-hybridized carbons (Fsp3) is 0.688. The highest BCUT2D eigenvalue weighted by atomic mass is 32.1. The number of hydrogen-bond donors (Lipinski definition) is 2. The van der Waals surface area contributed by atoms with E-state index in [4.69, 9.17) is 0 Å². The predicted octanol–water partition coefficient (Wildman–Crippen LogP) is 1.77. The van der Waals surface area contributed by atoms with Crippen molar-refractivity contribution in [1.29, 1.82) is 0 Å². The number of aliphatic imine (C=N–C) groups is 1. The fourth-order valence-electron chi connectivity index (χ4n) is 3.13. The van der Waals surface area contributed by atoms with Crippen molar-refractivity contribution in [3.05, 3.63) is 16.1 Å². The van der Waals surface area contributed by atoms with E-state index in [-0.39, 0.29) is 11.3 Å². The molecule has 1 aliphatic rings. The van der Waals surface area contributed by atoms with Crippen molar-refractivity contribution >= 4 is 23.2 Å². The first-order valence-corrected chi connectivity index (χ1v) is 8.92. The zero-order valence-corrected chi connectivity index (χ0v) is 15.3. The Balaban J connectivity index is 1.93. The van der Waals surface area contributed by atoms with Gasteiger partial charge in [-0.15, -0.1) is 11.3 Å². The summed E-state index contributed by atoms with van der Waals surface area (Å²) in [5, 5.41) is 6.65. The van der Waals surface area contributed by atoms with Gasteiger partial charge >= 0.3 is 0 Å². The number of nitrogens with zero attached hydrogens (tertiary/aromatic N) is 3. The number of aryl methyl sites for hydroxylation is 1. The molecule has 0 spiro atoms. The molecule has 23 heavy (non-hydrogen) atoms. The minimum absolute atomic E-state index is 0.219. The summed E-state index contributed by atoms with van der Waals surface area (Å²) in [4.78, 5) is 24.0. The van der Waals surface area contributed by atoms with Gasteiger partial charge in [-0.05, 0) is 19.8 Å². The highest BCUT2D eigenvalue weighted by molar-refractivity contribution is 7.09. The summed E-state index contributed by atoms with van der Waals surface area (Å²) >= 11 is 1.64. The van der Waals surface area contributed by atoms with Gasteiger partial charge in [0.1, 0.15) is 0 Å². The van der Waals surface area contributed by atoms with Crippen molar-refractivity contribution < 1.29 is 4.79 Å². The third-order valence-corrected chi connectivity index (χ3v) is 5.43. The van der Waals surface area contributed by atoms with Crippen LogP contribution in [-0.4, -0.2) is 49.4 Å². The Bertz CT molecular complexity index is 561. The Kier molecular flexibility index (Phi) is 5.98. The number of nitrogens with one attached hydrogen (secondary N) is 2. The van der Waals surface area contributed by atoms with Crippen LogP contribution < -0.4 is 10.6 Å². The molecular weight excluding hydrogens is 310 g/mol.